The summed E-state index contributed by atoms with van der Waals surface area (Å²) in [4.78, 5) is 13.7. The number of hydrogen-bond acceptors (Lipinski definition) is 3. The molecule has 0 aromatic carbocycles. The van der Waals surface area contributed by atoms with Gasteiger partial charge in [-0.2, -0.15) is 0 Å². The molecule has 2 heterocycles. The van der Waals surface area contributed by atoms with Gasteiger partial charge < -0.3 is 14.6 Å². The van der Waals surface area contributed by atoms with Crippen molar-refractivity contribution in [1.82, 2.24) is 10.1 Å². The predicted molar refractivity (Wildman–Crippen MR) is 48.0 cm³/mol. The van der Waals surface area contributed by atoms with Gasteiger partial charge in [0.05, 0.1) is 23.0 Å². The van der Waals surface area contributed by atoms with Gasteiger partial charge in [0.1, 0.15) is 5.76 Å². The van der Waals surface area contributed by atoms with E-state index >= 15 is 0 Å². The number of carboxylic acid groups (broad SMARTS) is 1. The van der Waals surface area contributed by atoms with Gasteiger partial charge >= 0.3 is 5.97 Å². The third-order valence-electron chi connectivity index (χ3n) is 2.00. The number of nitrogens with zero attached hydrogens (tertiary/aromatic N) is 1. The summed E-state index contributed by atoms with van der Waals surface area (Å²) in [6.45, 7) is 1.73. The minimum absolute atomic E-state index is 0.219. The van der Waals surface area contributed by atoms with Gasteiger partial charge in [0, 0.05) is 6.20 Å². The highest BCUT2D eigenvalue weighted by atomic mass is 16.5. The summed E-state index contributed by atoms with van der Waals surface area (Å²) in [6.07, 6.45) is 3.07. The van der Waals surface area contributed by atoms with Crippen LogP contribution in [0.3, 0.4) is 0 Å². The van der Waals surface area contributed by atoms with Crippen molar-refractivity contribution < 1.29 is 14.4 Å². The average molecular weight is 192 g/mol. The van der Waals surface area contributed by atoms with Crippen LogP contribution >= 0.6 is 0 Å². The molecule has 5 heteroatoms. The van der Waals surface area contributed by atoms with Crippen molar-refractivity contribution >= 4 is 5.97 Å². The van der Waals surface area contributed by atoms with E-state index in [4.69, 9.17) is 9.63 Å². The fourth-order valence-corrected chi connectivity index (χ4v) is 1.31. The molecule has 0 amide bonds. The van der Waals surface area contributed by atoms with E-state index in [0.717, 1.165) is 0 Å². The molecule has 0 spiro atoms. The van der Waals surface area contributed by atoms with Gasteiger partial charge in [-0.05, 0) is 13.0 Å². The second-order valence-electron chi connectivity index (χ2n) is 2.87. The van der Waals surface area contributed by atoms with Gasteiger partial charge in [0.2, 0.25) is 0 Å². The molecule has 2 aromatic heterocycles. The Kier molecular flexibility index (Phi) is 1.85. The molecule has 0 atom stereocenters. The summed E-state index contributed by atoms with van der Waals surface area (Å²) >= 11 is 0. The largest absolute Gasteiger partial charge is 0.478 e. The maximum Gasteiger partial charge on any atom is 0.337 e. The van der Waals surface area contributed by atoms with E-state index in [1.165, 1.54) is 12.3 Å². The highest BCUT2D eigenvalue weighted by Gasteiger charge is 2.16. The number of rotatable bonds is 2. The van der Waals surface area contributed by atoms with Crippen LogP contribution < -0.4 is 0 Å². The van der Waals surface area contributed by atoms with E-state index in [9.17, 15) is 4.79 Å². The number of hydrogen-bond donors (Lipinski definition) is 2. The first-order chi connectivity index (χ1) is 6.70. The Morgan fingerprint density at radius 2 is 2.43 bits per heavy atom. The van der Waals surface area contributed by atoms with Crippen LogP contribution in [0.1, 0.15) is 16.1 Å². The zero-order valence-corrected chi connectivity index (χ0v) is 7.44. The van der Waals surface area contributed by atoms with Crippen LogP contribution in [0.15, 0.2) is 23.0 Å². The Balaban J connectivity index is 2.57. The molecular formula is C9H8N2O3. The monoisotopic (exact) mass is 192 g/mol. The molecule has 2 aromatic rings. The molecule has 0 aliphatic heterocycles. The lowest BCUT2D eigenvalue weighted by molar-refractivity contribution is 0.0698. The highest BCUT2D eigenvalue weighted by Crippen LogP contribution is 2.24. The zero-order chi connectivity index (χ0) is 10.1. The fraction of sp³-hybridized carbons (Fsp3) is 0.111. The lowest BCUT2D eigenvalue weighted by Gasteiger charge is -1.96. The number of carboxylic acids is 1. The Bertz CT molecular complexity index is 470. The number of nitrogens with one attached hydrogen (secondary N) is 1. The second kappa shape index (κ2) is 3.02. The first-order valence-corrected chi connectivity index (χ1v) is 4.02. The van der Waals surface area contributed by atoms with Crippen molar-refractivity contribution in [2.45, 2.75) is 6.92 Å². The average Bonchev–Trinajstić information content (AvgIpc) is 2.70. The summed E-state index contributed by atoms with van der Waals surface area (Å²) in [5.41, 5.74) is 1.42. The summed E-state index contributed by atoms with van der Waals surface area (Å²) in [6, 6.07) is 1.50. The lowest BCUT2D eigenvalue weighted by atomic mass is 10.1. The molecule has 0 saturated carbocycles. The molecule has 0 bridgehead atoms. The lowest BCUT2D eigenvalue weighted by Crippen LogP contribution is -1.96. The topological polar surface area (TPSA) is 79.1 Å². The van der Waals surface area contributed by atoms with Gasteiger partial charge in [-0.3, -0.25) is 0 Å². The normalized spacial score (nSPS) is 10.4. The summed E-state index contributed by atoms with van der Waals surface area (Å²) in [5, 5.41) is 12.5. The maximum atomic E-state index is 10.8. The van der Waals surface area contributed by atoms with Crippen LogP contribution in [0.4, 0.5) is 0 Å². The Morgan fingerprint density at radius 1 is 1.64 bits per heavy atom. The molecule has 0 unspecified atom stereocenters. The maximum absolute atomic E-state index is 10.8. The van der Waals surface area contributed by atoms with Crippen LogP contribution in [-0.4, -0.2) is 21.2 Å². The number of aryl methyl sites for hydroxylation is 1. The van der Waals surface area contributed by atoms with Crippen LogP contribution in [-0.2, 0) is 0 Å². The van der Waals surface area contributed by atoms with Gasteiger partial charge in [-0.25, -0.2) is 4.79 Å². The van der Waals surface area contributed by atoms with Crippen molar-refractivity contribution in [2.24, 2.45) is 0 Å². The number of H-pyrrole nitrogens is 1. The van der Waals surface area contributed by atoms with E-state index in [0.29, 0.717) is 17.0 Å². The minimum Gasteiger partial charge on any atom is -0.478 e. The van der Waals surface area contributed by atoms with Crippen molar-refractivity contribution in [3.63, 3.8) is 0 Å². The minimum atomic E-state index is -0.971. The van der Waals surface area contributed by atoms with Crippen LogP contribution in [0.25, 0.3) is 11.3 Å². The van der Waals surface area contributed by atoms with Crippen molar-refractivity contribution in [3.8, 4) is 11.3 Å². The number of aromatic nitrogens is 2. The molecular weight excluding hydrogens is 184 g/mol. The first-order valence-electron chi connectivity index (χ1n) is 4.02. The van der Waals surface area contributed by atoms with E-state index in [1.807, 2.05) is 0 Å². The molecule has 2 N–H and O–H groups in total. The van der Waals surface area contributed by atoms with Gasteiger partial charge in [0.25, 0.3) is 0 Å². The summed E-state index contributed by atoms with van der Waals surface area (Å²) < 4.78 is 4.86. The van der Waals surface area contributed by atoms with Crippen molar-refractivity contribution in [2.75, 3.05) is 0 Å². The molecule has 0 aliphatic rings. The van der Waals surface area contributed by atoms with Crippen LogP contribution in [0, 0.1) is 6.92 Å². The second-order valence-corrected chi connectivity index (χ2v) is 2.87. The standard InChI is InChI=1S/C9H8N2O3/c1-5-7(4-11-14-5)8-6(9(12)13)2-3-10-8/h2-4,10H,1H3,(H,12,13). The smallest absolute Gasteiger partial charge is 0.337 e. The van der Waals surface area contributed by atoms with E-state index in [2.05, 4.69) is 10.1 Å². The SMILES string of the molecule is Cc1oncc1-c1[nH]ccc1C(=O)O. The molecule has 2 rings (SSSR count). The molecule has 72 valence electrons. The first kappa shape index (κ1) is 8.55. The Morgan fingerprint density at radius 3 is 3.00 bits per heavy atom. The highest BCUT2D eigenvalue weighted by molar-refractivity contribution is 5.95. The van der Waals surface area contributed by atoms with E-state index < -0.39 is 5.97 Å². The van der Waals surface area contributed by atoms with Gasteiger partial charge in [0.15, 0.2) is 0 Å². The van der Waals surface area contributed by atoms with Crippen molar-refractivity contribution in [3.05, 3.63) is 29.8 Å². The quantitative estimate of drug-likeness (QED) is 0.758. The molecule has 0 saturated heterocycles. The molecule has 0 aliphatic carbocycles. The van der Waals surface area contributed by atoms with Gasteiger partial charge in [-0.1, -0.05) is 5.16 Å². The molecule has 0 radical (unpaired) electrons. The van der Waals surface area contributed by atoms with E-state index in [1.54, 1.807) is 13.1 Å². The fourth-order valence-electron chi connectivity index (χ4n) is 1.31. The Hall–Kier alpha value is -2.04. The number of aromatic amines is 1. The predicted octanol–water partition coefficient (Wildman–Crippen LogP) is 1.68. The van der Waals surface area contributed by atoms with Crippen LogP contribution in [0.2, 0.25) is 0 Å². The molecule has 0 fully saturated rings. The summed E-state index contributed by atoms with van der Waals surface area (Å²) in [5.74, 6) is -0.378. The third kappa shape index (κ3) is 1.19. The number of carbonyl (C=O) groups is 1. The molecule has 14 heavy (non-hydrogen) atoms. The zero-order valence-electron chi connectivity index (χ0n) is 7.44. The summed E-state index contributed by atoms with van der Waals surface area (Å²) in [7, 11) is 0. The van der Waals surface area contributed by atoms with Gasteiger partial charge in [-0.15, -0.1) is 0 Å². The van der Waals surface area contributed by atoms with Crippen molar-refractivity contribution in [1.29, 1.82) is 0 Å². The Labute approximate surface area is 79.3 Å². The van der Waals surface area contributed by atoms with E-state index in [-0.39, 0.29) is 5.56 Å². The third-order valence-corrected chi connectivity index (χ3v) is 2.00. The number of aromatic carboxylic acids is 1. The van der Waals surface area contributed by atoms with Crippen LogP contribution in [0.5, 0.6) is 0 Å². The molecule has 5 nitrogen and oxygen atoms in total.